The number of nitrogens with one attached hydrogen (secondary N) is 2. The molecule has 0 bridgehead atoms. The molecule has 2 aromatic carbocycles. The van der Waals surface area contributed by atoms with Crippen LogP contribution in [-0.2, 0) is 22.7 Å². The smallest absolute Gasteiger partial charge is 0.266 e. The van der Waals surface area contributed by atoms with Gasteiger partial charge in [-0.2, -0.15) is 0 Å². The zero-order chi connectivity index (χ0) is 20.1. The second-order valence-electron chi connectivity index (χ2n) is 7.73. The van der Waals surface area contributed by atoms with E-state index in [4.69, 9.17) is 4.74 Å². The molecule has 2 amide bonds. The maximum absolute atomic E-state index is 12.3. The van der Waals surface area contributed by atoms with Crippen LogP contribution < -0.4 is 15.4 Å². The van der Waals surface area contributed by atoms with Crippen molar-refractivity contribution in [2.24, 2.45) is 0 Å². The molecule has 0 radical (unpaired) electrons. The van der Waals surface area contributed by atoms with Gasteiger partial charge in [-0.25, -0.2) is 0 Å². The fourth-order valence-electron chi connectivity index (χ4n) is 3.81. The van der Waals surface area contributed by atoms with Crippen molar-refractivity contribution in [3.05, 3.63) is 59.7 Å². The van der Waals surface area contributed by atoms with Crippen LogP contribution in [0.5, 0.6) is 5.75 Å². The number of benzene rings is 2. The maximum Gasteiger partial charge on any atom is 0.266 e. The van der Waals surface area contributed by atoms with Crippen molar-refractivity contribution < 1.29 is 14.3 Å². The molecule has 2 aromatic rings. The predicted octanol–water partition coefficient (Wildman–Crippen LogP) is 3.08. The first kappa shape index (κ1) is 19.5. The van der Waals surface area contributed by atoms with E-state index in [-0.39, 0.29) is 18.2 Å². The van der Waals surface area contributed by atoms with E-state index < -0.39 is 6.10 Å². The number of hydrogen-bond acceptors (Lipinski definition) is 4. The Balaban J connectivity index is 1.25. The number of ether oxygens (including phenoxy) is 1. The van der Waals surface area contributed by atoms with Gasteiger partial charge in [-0.05, 0) is 49.2 Å². The molecule has 1 fully saturated rings. The quantitative estimate of drug-likeness (QED) is 0.791. The molecule has 1 atom stereocenters. The van der Waals surface area contributed by atoms with Crippen molar-refractivity contribution in [3.63, 3.8) is 0 Å². The van der Waals surface area contributed by atoms with Gasteiger partial charge >= 0.3 is 0 Å². The van der Waals surface area contributed by atoms with Gasteiger partial charge in [0, 0.05) is 13.1 Å². The third-order valence-electron chi connectivity index (χ3n) is 5.44. The van der Waals surface area contributed by atoms with E-state index in [9.17, 15) is 9.59 Å². The average molecular weight is 393 g/mol. The summed E-state index contributed by atoms with van der Waals surface area (Å²) < 4.78 is 5.68. The Bertz CT molecular complexity index is 860. The largest absolute Gasteiger partial charge is 0.478 e. The highest BCUT2D eigenvalue weighted by Crippen LogP contribution is 2.29. The van der Waals surface area contributed by atoms with Crippen LogP contribution in [0.1, 0.15) is 36.8 Å². The summed E-state index contributed by atoms with van der Waals surface area (Å²) >= 11 is 0. The monoisotopic (exact) mass is 393 g/mol. The Morgan fingerprint density at radius 3 is 2.55 bits per heavy atom. The standard InChI is InChI=1S/C23H27N3O3/c27-22(14-21-23(28)25-19-6-2-3-7-20(19)29-21)24-15-17-8-10-18(11-9-17)16-26-12-4-1-5-13-26/h2-3,6-11,21H,1,4-5,12-16H2,(H,24,27)(H,25,28)/t21-/m1/s1. The molecule has 0 unspecified atom stereocenters. The van der Waals surface area contributed by atoms with Crippen molar-refractivity contribution >= 4 is 17.5 Å². The first-order valence-electron chi connectivity index (χ1n) is 10.3. The van der Waals surface area contributed by atoms with Crippen LogP contribution in [0.4, 0.5) is 5.69 Å². The number of rotatable bonds is 6. The molecule has 6 heteroatoms. The number of para-hydroxylation sites is 2. The third-order valence-corrected chi connectivity index (χ3v) is 5.44. The zero-order valence-electron chi connectivity index (χ0n) is 16.5. The number of fused-ring (bicyclic) bond motifs is 1. The minimum atomic E-state index is -0.809. The van der Waals surface area contributed by atoms with Crippen molar-refractivity contribution in [2.75, 3.05) is 18.4 Å². The summed E-state index contributed by atoms with van der Waals surface area (Å²) in [5.41, 5.74) is 2.98. The number of anilines is 1. The number of carbonyl (C=O) groups excluding carboxylic acids is 2. The summed E-state index contributed by atoms with van der Waals surface area (Å²) in [7, 11) is 0. The zero-order valence-corrected chi connectivity index (χ0v) is 16.5. The van der Waals surface area contributed by atoms with Crippen LogP contribution in [0.2, 0.25) is 0 Å². The normalized spacial score (nSPS) is 19.0. The minimum absolute atomic E-state index is 0.00673. The Morgan fingerprint density at radius 1 is 1.03 bits per heavy atom. The highest BCUT2D eigenvalue weighted by molar-refractivity contribution is 5.99. The van der Waals surface area contributed by atoms with E-state index in [0.717, 1.165) is 12.1 Å². The summed E-state index contributed by atoms with van der Waals surface area (Å²) in [5.74, 6) is 0.0945. The number of carbonyl (C=O) groups is 2. The third kappa shape index (κ3) is 5.15. The maximum atomic E-state index is 12.3. The molecule has 2 heterocycles. The van der Waals surface area contributed by atoms with E-state index >= 15 is 0 Å². The van der Waals surface area contributed by atoms with E-state index in [1.807, 2.05) is 12.1 Å². The Hall–Kier alpha value is -2.86. The number of likely N-dealkylation sites (tertiary alicyclic amines) is 1. The van der Waals surface area contributed by atoms with Crippen LogP contribution in [-0.4, -0.2) is 35.9 Å². The molecule has 0 aromatic heterocycles. The van der Waals surface area contributed by atoms with E-state index in [2.05, 4.69) is 39.8 Å². The highest BCUT2D eigenvalue weighted by Gasteiger charge is 2.29. The lowest BCUT2D eigenvalue weighted by Gasteiger charge is -2.26. The topological polar surface area (TPSA) is 70.7 Å². The summed E-state index contributed by atoms with van der Waals surface area (Å²) in [4.78, 5) is 26.9. The first-order valence-corrected chi connectivity index (χ1v) is 10.3. The summed E-state index contributed by atoms with van der Waals surface area (Å²) in [6.45, 7) is 3.79. The van der Waals surface area contributed by atoms with Crippen LogP contribution in [0.3, 0.4) is 0 Å². The van der Waals surface area contributed by atoms with Crippen molar-refractivity contribution in [2.45, 2.75) is 44.9 Å². The van der Waals surface area contributed by atoms with Gasteiger partial charge < -0.3 is 15.4 Å². The fourth-order valence-corrected chi connectivity index (χ4v) is 3.81. The van der Waals surface area contributed by atoms with Gasteiger partial charge in [0.05, 0.1) is 12.1 Å². The van der Waals surface area contributed by atoms with Gasteiger partial charge in [0.1, 0.15) is 5.75 Å². The van der Waals surface area contributed by atoms with E-state index in [1.54, 1.807) is 12.1 Å². The summed E-state index contributed by atoms with van der Waals surface area (Å²) in [6, 6.07) is 15.6. The molecular formula is C23H27N3O3. The first-order chi connectivity index (χ1) is 14.2. The lowest BCUT2D eigenvalue weighted by molar-refractivity contribution is -0.130. The van der Waals surface area contributed by atoms with Crippen LogP contribution in [0, 0.1) is 0 Å². The van der Waals surface area contributed by atoms with Gasteiger partial charge in [0.15, 0.2) is 6.10 Å². The number of nitrogens with zero attached hydrogens (tertiary/aromatic N) is 1. The Kier molecular flexibility index (Phi) is 6.10. The average Bonchev–Trinajstić information content (AvgIpc) is 2.74. The van der Waals surface area contributed by atoms with E-state index in [1.165, 1.54) is 37.9 Å². The molecule has 4 rings (SSSR count). The minimum Gasteiger partial charge on any atom is -0.478 e. The molecule has 1 saturated heterocycles. The van der Waals surface area contributed by atoms with Crippen LogP contribution >= 0.6 is 0 Å². The van der Waals surface area contributed by atoms with Gasteiger partial charge in [-0.1, -0.05) is 42.8 Å². The molecule has 6 nitrogen and oxygen atoms in total. The molecule has 0 spiro atoms. The molecule has 2 aliphatic rings. The van der Waals surface area contributed by atoms with Crippen molar-refractivity contribution in [1.82, 2.24) is 10.2 Å². The molecule has 0 saturated carbocycles. The SMILES string of the molecule is O=C(C[C@H]1Oc2ccccc2NC1=O)NCc1ccc(CN2CCCCC2)cc1. The van der Waals surface area contributed by atoms with Crippen molar-refractivity contribution in [3.8, 4) is 5.75 Å². The van der Waals surface area contributed by atoms with Crippen LogP contribution in [0.25, 0.3) is 0 Å². The Labute approximate surface area is 171 Å². The summed E-state index contributed by atoms with van der Waals surface area (Å²) in [5, 5.41) is 5.66. The van der Waals surface area contributed by atoms with Crippen molar-refractivity contribution in [1.29, 1.82) is 0 Å². The molecule has 0 aliphatic carbocycles. The molecule has 2 N–H and O–H groups in total. The van der Waals surface area contributed by atoms with Gasteiger partial charge in [0.2, 0.25) is 5.91 Å². The summed E-state index contributed by atoms with van der Waals surface area (Å²) in [6.07, 6.45) is 3.11. The Morgan fingerprint density at radius 2 is 1.76 bits per heavy atom. The molecule has 152 valence electrons. The fraction of sp³-hybridized carbons (Fsp3) is 0.391. The molecular weight excluding hydrogens is 366 g/mol. The second-order valence-corrected chi connectivity index (χ2v) is 7.73. The lowest BCUT2D eigenvalue weighted by Crippen LogP contribution is -2.40. The lowest BCUT2D eigenvalue weighted by atomic mass is 10.1. The number of hydrogen-bond donors (Lipinski definition) is 2. The number of amides is 2. The number of piperidine rings is 1. The molecule has 2 aliphatic heterocycles. The molecule has 29 heavy (non-hydrogen) atoms. The van der Waals surface area contributed by atoms with Gasteiger partial charge in [-0.15, -0.1) is 0 Å². The van der Waals surface area contributed by atoms with Gasteiger partial charge in [0.25, 0.3) is 5.91 Å². The van der Waals surface area contributed by atoms with E-state index in [0.29, 0.717) is 18.0 Å². The predicted molar refractivity (Wildman–Crippen MR) is 112 cm³/mol. The second kappa shape index (κ2) is 9.09. The van der Waals surface area contributed by atoms with Gasteiger partial charge in [-0.3, -0.25) is 14.5 Å². The van der Waals surface area contributed by atoms with Crippen LogP contribution in [0.15, 0.2) is 48.5 Å². The highest BCUT2D eigenvalue weighted by atomic mass is 16.5.